The first-order chi connectivity index (χ1) is 13.2. The van der Waals surface area contributed by atoms with Crippen molar-refractivity contribution in [2.75, 3.05) is 7.11 Å². The lowest BCUT2D eigenvalue weighted by molar-refractivity contribution is 0.282. The maximum absolute atomic E-state index is 13.0. The average Bonchev–Trinajstić information content (AvgIpc) is 2.69. The van der Waals surface area contributed by atoms with Crippen LogP contribution in [0.3, 0.4) is 0 Å². The molecular formula is C22H21BrFNO2. The largest absolute Gasteiger partial charge is 0.493 e. The smallest absolute Gasteiger partial charge is 0.175 e. The van der Waals surface area contributed by atoms with Crippen LogP contribution >= 0.6 is 15.9 Å². The highest BCUT2D eigenvalue weighted by Gasteiger charge is 2.12. The predicted molar refractivity (Wildman–Crippen MR) is 108 cm³/mol. The second-order valence-corrected chi connectivity index (χ2v) is 6.97. The summed E-state index contributed by atoms with van der Waals surface area (Å²) in [5.41, 5.74) is 3.19. The van der Waals surface area contributed by atoms with E-state index in [-0.39, 0.29) is 5.82 Å². The Morgan fingerprint density at radius 1 is 0.889 bits per heavy atom. The summed E-state index contributed by atoms with van der Waals surface area (Å²) in [6.07, 6.45) is 0. The van der Waals surface area contributed by atoms with Crippen molar-refractivity contribution in [3.63, 3.8) is 0 Å². The summed E-state index contributed by atoms with van der Waals surface area (Å²) in [7, 11) is 1.63. The average molecular weight is 430 g/mol. The molecule has 1 N–H and O–H groups in total. The third-order valence-electron chi connectivity index (χ3n) is 4.09. The molecular weight excluding hydrogens is 409 g/mol. The number of rotatable bonds is 8. The van der Waals surface area contributed by atoms with Gasteiger partial charge in [0, 0.05) is 13.1 Å². The highest BCUT2D eigenvalue weighted by atomic mass is 79.9. The van der Waals surface area contributed by atoms with Crippen LogP contribution in [0.15, 0.2) is 71.2 Å². The second kappa shape index (κ2) is 9.53. The molecule has 0 aliphatic carbocycles. The molecule has 0 fully saturated rings. The van der Waals surface area contributed by atoms with Gasteiger partial charge in [0.1, 0.15) is 12.4 Å². The molecule has 3 nitrogen and oxygen atoms in total. The Kier molecular flexibility index (Phi) is 6.85. The minimum absolute atomic E-state index is 0.224. The van der Waals surface area contributed by atoms with Crippen molar-refractivity contribution in [3.05, 3.63) is 93.7 Å². The molecule has 27 heavy (non-hydrogen) atoms. The topological polar surface area (TPSA) is 30.5 Å². The lowest BCUT2D eigenvalue weighted by Crippen LogP contribution is -2.13. The SMILES string of the molecule is COc1cc(CNCc2ccc(F)cc2)cc(Br)c1OCc1ccccc1. The number of hydrogen-bond donors (Lipinski definition) is 1. The Balaban J connectivity index is 1.63. The Bertz CT molecular complexity index is 869. The van der Waals surface area contributed by atoms with Gasteiger partial charge in [-0.05, 0) is 56.9 Å². The second-order valence-electron chi connectivity index (χ2n) is 6.11. The van der Waals surface area contributed by atoms with E-state index in [9.17, 15) is 4.39 Å². The summed E-state index contributed by atoms with van der Waals surface area (Å²) in [5.74, 6) is 1.14. The third kappa shape index (κ3) is 5.55. The molecule has 0 heterocycles. The van der Waals surface area contributed by atoms with Crippen molar-refractivity contribution in [1.29, 1.82) is 0 Å². The number of halogens is 2. The van der Waals surface area contributed by atoms with Crippen LogP contribution < -0.4 is 14.8 Å². The molecule has 0 atom stereocenters. The molecule has 0 saturated carbocycles. The highest BCUT2D eigenvalue weighted by molar-refractivity contribution is 9.10. The quantitative estimate of drug-likeness (QED) is 0.515. The van der Waals surface area contributed by atoms with E-state index in [1.165, 1.54) is 12.1 Å². The summed E-state index contributed by atoms with van der Waals surface area (Å²) in [5, 5.41) is 3.35. The van der Waals surface area contributed by atoms with Crippen LogP contribution in [-0.2, 0) is 19.7 Å². The summed E-state index contributed by atoms with van der Waals surface area (Å²) in [6, 6.07) is 20.5. The van der Waals surface area contributed by atoms with Gasteiger partial charge in [-0.25, -0.2) is 4.39 Å². The summed E-state index contributed by atoms with van der Waals surface area (Å²) in [4.78, 5) is 0. The van der Waals surface area contributed by atoms with Crippen LogP contribution in [0.25, 0.3) is 0 Å². The fraction of sp³-hybridized carbons (Fsp3) is 0.182. The zero-order chi connectivity index (χ0) is 19.1. The van der Waals surface area contributed by atoms with Gasteiger partial charge in [-0.15, -0.1) is 0 Å². The van der Waals surface area contributed by atoms with E-state index in [0.29, 0.717) is 31.2 Å². The maximum Gasteiger partial charge on any atom is 0.175 e. The number of methoxy groups -OCH3 is 1. The molecule has 3 aromatic rings. The first kappa shape index (κ1) is 19.4. The fourth-order valence-corrected chi connectivity index (χ4v) is 3.30. The lowest BCUT2D eigenvalue weighted by Gasteiger charge is -2.15. The van der Waals surface area contributed by atoms with E-state index >= 15 is 0 Å². The van der Waals surface area contributed by atoms with Gasteiger partial charge >= 0.3 is 0 Å². The molecule has 5 heteroatoms. The van der Waals surface area contributed by atoms with Crippen molar-refractivity contribution < 1.29 is 13.9 Å². The first-order valence-electron chi connectivity index (χ1n) is 8.64. The van der Waals surface area contributed by atoms with Crippen molar-refractivity contribution in [1.82, 2.24) is 5.32 Å². The van der Waals surface area contributed by atoms with E-state index in [2.05, 4.69) is 21.2 Å². The minimum atomic E-state index is -0.224. The molecule has 0 saturated heterocycles. The van der Waals surface area contributed by atoms with Crippen LogP contribution in [0.1, 0.15) is 16.7 Å². The van der Waals surface area contributed by atoms with Gasteiger partial charge in [-0.3, -0.25) is 0 Å². The lowest BCUT2D eigenvalue weighted by atomic mass is 10.1. The van der Waals surface area contributed by atoms with Gasteiger partial charge in [-0.2, -0.15) is 0 Å². The van der Waals surface area contributed by atoms with E-state index in [4.69, 9.17) is 9.47 Å². The van der Waals surface area contributed by atoms with Crippen LogP contribution in [0.4, 0.5) is 4.39 Å². The Morgan fingerprint density at radius 2 is 1.59 bits per heavy atom. The van der Waals surface area contributed by atoms with Crippen LogP contribution in [-0.4, -0.2) is 7.11 Å². The Hall–Kier alpha value is -2.37. The summed E-state index contributed by atoms with van der Waals surface area (Å²) < 4.78 is 25.3. The van der Waals surface area contributed by atoms with Gasteiger partial charge in [0.15, 0.2) is 11.5 Å². The summed E-state index contributed by atoms with van der Waals surface area (Å²) >= 11 is 3.58. The van der Waals surface area contributed by atoms with Crippen molar-refractivity contribution in [3.8, 4) is 11.5 Å². The molecule has 0 aliphatic heterocycles. The first-order valence-corrected chi connectivity index (χ1v) is 9.43. The van der Waals surface area contributed by atoms with Gasteiger partial charge in [0.25, 0.3) is 0 Å². The zero-order valence-corrected chi connectivity index (χ0v) is 16.6. The zero-order valence-electron chi connectivity index (χ0n) is 15.0. The van der Waals surface area contributed by atoms with Gasteiger partial charge in [0.05, 0.1) is 11.6 Å². The molecule has 0 spiro atoms. The standard InChI is InChI=1S/C22H21BrFNO2/c1-26-21-12-18(14-25-13-16-7-9-19(24)10-8-16)11-20(23)22(21)27-15-17-5-3-2-4-6-17/h2-12,25H,13-15H2,1H3. The number of benzene rings is 3. The minimum Gasteiger partial charge on any atom is -0.493 e. The van der Waals surface area contributed by atoms with E-state index in [0.717, 1.165) is 21.2 Å². The fourth-order valence-electron chi connectivity index (χ4n) is 2.70. The molecule has 140 valence electrons. The molecule has 0 aliphatic rings. The monoisotopic (exact) mass is 429 g/mol. The predicted octanol–water partition coefficient (Wildman–Crippen LogP) is 5.47. The van der Waals surface area contributed by atoms with Gasteiger partial charge in [0.2, 0.25) is 0 Å². The van der Waals surface area contributed by atoms with Crippen LogP contribution in [0.5, 0.6) is 11.5 Å². The van der Waals surface area contributed by atoms with E-state index < -0.39 is 0 Å². The number of nitrogens with one attached hydrogen (secondary N) is 1. The number of ether oxygens (including phenoxy) is 2. The van der Waals surface area contributed by atoms with E-state index in [1.54, 1.807) is 19.2 Å². The third-order valence-corrected chi connectivity index (χ3v) is 4.68. The molecule has 0 unspecified atom stereocenters. The maximum atomic E-state index is 13.0. The van der Waals surface area contributed by atoms with Crippen LogP contribution in [0.2, 0.25) is 0 Å². The van der Waals surface area contributed by atoms with Crippen LogP contribution in [0, 0.1) is 5.82 Å². The van der Waals surface area contributed by atoms with Crippen molar-refractivity contribution in [2.45, 2.75) is 19.7 Å². The Labute approximate surface area is 167 Å². The van der Waals surface area contributed by atoms with Crippen molar-refractivity contribution in [2.24, 2.45) is 0 Å². The van der Waals surface area contributed by atoms with Gasteiger partial charge < -0.3 is 14.8 Å². The molecule has 0 aromatic heterocycles. The highest BCUT2D eigenvalue weighted by Crippen LogP contribution is 2.37. The number of hydrogen-bond acceptors (Lipinski definition) is 3. The molecule has 3 aromatic carbocycles. The molecule has 3 rings (SSSR count). The van der Waals surface area contributed by atoms with Crippen molar-refractivity contribution >= 4 is 15.9 Å². The molecule has 0 radical (unpaired) electrons. The molecule has 0 amide bonds. The normalized spacial score (nSPS) is 10.6. The summed E-state index contributed by atoms with van der Waals surface area (Å²) in [6.45, 7) is 1.79. The van der Waals surface area contributed by atoms with Gasteiger partial charge in [-0.1, -0.05) is 42.5 Å². The van der Waals surface area contributed by atoms with E-state index in [1.807, 2.05) is 42.5 Å². The Morgan fingerprint density at radius 3 is 2.30 bits per heavy atom. The molecule has 0 bridgehead atoms.